The molecule has 0 bridgehead atoms. The Bertz CT molecular complexity index is 398. The van der Waals surface area contributed by atoms with Crippen LogP contribution in [0.15, 0.2) is 12.1 Å². The van der Waals surface area contributed by atoms with E-state index in [9.17, 15) is 0 Å². The van der Waals surface area contributed by atoms with Gasteiger partial charge in [0.2, 0.25) is 0 Å². The molecule has 14 heavy (non-hydrogen) atoms. The van der Waals surface area contributed by atoms with Crippen LogP contribution in [0.25, 0.3) is 0 Å². The third-order valence-electron chi connectivity index (χ3n) is 3.28. The van der Waals surface area contributed by atoms with E-state index in [0.29, 0.717) is 0 Å². The van der Waals surface area contributed by atoms with E-state index in [0.717, 1.165) is 19.3 Å². The van der Waals surface area contributed by atoms with Crippen LogP contribution >= 0.6 is 0 Å². The average molecular weight is 185 g/mol. The van der Waals surface area contributed by atoms with Gasteiger partial charge in [-0.3, -0.25) is 0 Å². The third kappa shape index (κ3) is 1.42. The van der Waals surface area contributed by atoms with E-state index in [4.69, 9.17) is 5.26 Å². The van der Waals surface area contributed by atoms with Gasteiger partial charge in [-0.25, -0.2) is 0 Å². The molecule has 1 nitrogen and oxygen atoms in total. The van der Waals surface area contributed by atoms with Gasteiger partial charge in [-0.1, -0.05) is 12.1 Å². The summed E-state index contributed by atoms with van der Waals surface area (Å²) in [6, 6.07) is 6.76. The molecular weight excluding hydrogens is 170 g/mol. The van der Waals surface area contributed by atoms with Crippen LogP contribution < -0.4 is 0 Å². The van der Waals surface area contributed by atoms with E-state index >= 15 is 0 Å². The maximum Gasteiger partial charge on any atom is 0.0659 e. The van der Waals surface area contributed by atoms with Crippen molar-refractivity contribution >= 4 is 0 Å². The molecule has 0 amide bonds. The number of hydrogen-bond acceptors (Lipinski definition) is 1. The zero-order valence-corrected chi connectivity index (χ0v) is 8.80. The Morgan fingerprint density at radius 2 is 1.86 bits per heavy atom. The second-order valence-corrected chi connectivity index (χ2v) is 4.23. The molecule has 0 saturated carbocycles. The van der Waals surface area contributed by atoms with E-state index in [1.165, 1.54) is 22.3 Å². The molecule has 0 aliphatic heterocycles. The number of fused-ring (bicyclic) bond motifs is 1. The zero-order chi connectivity index (χ0) is 10.1. The Morgan fingerprint density at radius 1 is 1.21 bits per heavy atom. The highest BCUT2D eigenvalue weighted by atomic mass is 14.3. The second kappa shape index (κ2) is 3.46. The first kappa shape index (κ1) is 9.27. The second-order valence-electron chi connectivity index (χ2n) is 4.23. The van der Waals surface area contributed by atoms with Crippen LogP contribution in [0.2, 0.25) is 0 Å². The van der Waals surface area contributed by atoms with Crippen molar-refractivity contribution < 1.29 is 0 Å². The highest BCUT2D eigenvalue weighted by Gasteiger charge is 2.20. The Labute approximate surface area is 85.4 Å². The van der Waals surface area contributed by atoms with Gasteiger partial charge < -0.3 is 0 Å². The standard InChI is InChI=1S/C13H15N/c1-9-3-4-10(2)13-7-11(8-14)5-6-12(9)13/h3-4,11H,5-7H2,1-2H3. The summed E-state index contributed by atoms with van der Waals surface area (Å²) in [7, 11) is 0. The van der Waals surface area contributed by atoms with Gasteiger partial charge in [0.25, 0.3) is 0 Å². The van der Waals surface area contributed by atoms with Crippen molar-refractivity contribution in [2.75, 3.05) is 0 Å². The van der Waals surface area contributed by atoms with Crippen molar-refractivity contribution in [1.29, 1.82) is 5.26 Å². The van der Waals surface area contributed by atoms with E-state index < -0.39 is 0 Å². The number of nitrogens with zero attached hydrogens (tertiary/aromatic N) is 1. The van der Waals surface area contributed by atoms with Gasteiger partial charge in [0, 0.05) is 0 Å². The molecular formula is C13H15N. The predicted octanol–water partition coefficient (Wildman–Crippen LogP) is 2.93. The molecule has 0 radical (unpaired) electrons. The summed E-state index contributed by atoms with van der Waals surface area (Å²) >= 11 is 0. The fourth-order valence-corrected chi connectivity index (χ4v) is 2.34. The number of aryl methyl sites for hydroxylation is 2. The molecule has 0 N–H and O–H groups in total. The van der Waals surface area contributed by atoms with Gasteiger partial charge in [-0.15, -0.1) is 0 Å². The maximum absolute atomic E-state index is 8.93. The summed E-state index contributed by atoms with van der Waals surface area (Å²) in [5, 5.41) is 8.93. The summed E-state index contributed by atoms with van der Waals surface area (Å²) in [6.45, 7) is 4.32. The Hall–Kier alpha value is -1.29. The molecule has 1 atom stereocenters. The molecule has 1 unspecified atom stereocenters. The molecule has 0 fully saturated rings. The fourth-order valence-electron chi connectivity index (χ4n) is 2.34. The Kier molecular flexibility index (Phi) is 2.29. The molecule has 1 aliphatic carbocycles. The van der Waals surface area contributed by atoms with Gasteiger partial charge in [-0.2, -0.15) is 5.26 Å². The first-order valence-electron chi connectivity index (χ1n) is 5.20. The molecule has 0 aromatic heterocycles. The minimum absolute atomic E-state index is 0.239. The predicted molar refractivity (Wildman–Crippen MR) is 57.0 cm³/mol. The van der Waals surface area contributed by atoms with Gasteiger partial charge >= 0.3 is 0 Å². The molecule has 1 aromatic rings. The van der Waals surface area contributed by atoms with E-state index in [1.807, 2.05) is 0 Å². The van der Waals surface area contributed by atoms with Crippen LogP contribution in [0, 0.1) is 31.1 Å². The van der Waals surface area contributed by atoms with E-state index in [-0.39, 0.29) is 5.92 Å². The minimum Gasteiger partial charge on any atom is -0.198 e. The fraction of sp³-hybridized carbons (Fsp3) is 0.462. The largest absolute Gasteiger partial charge is 0.198 e. The van der Waals surface area contributed by atoms with Gasteiger partial charge in [0.05, 0.1) is 12.0 Å². The maximum atomic E-state index is 8.93. The van der Waals surface area contributed by atoms with Crippen molar-refractivity contribution in [2.24, 2.45) is 5.92 Å². The molecule has 0 saturated heterocycles. The lowest BCUT2D eigenvalue weighted by Gasteiger charge is -2.23. The summed E-state index contributed by atoms with van der Waals surface area (Å²) in [6.07, 6.45) is 3.08. The van der Waals surface area contributed by atoms with Crippen LogP contribution in [0.1, 0.15) is 28.7 Å². The van der Waals surface area contributed by atoms with Crippen molar-refractivity contribution in [2.45, 2.75) is 33.1 Å². The number of nitriles is 1. The Morgan fingerprint density at radius 3 is 2.50 bits per heavy atom. The van der Waals surface area contributed by atoms with E-state index in [1.54, 1.807) is 0 Å². The van der Waals surface area contributed by atoms with Crippen LogP contribution in [0.3, 0.4) is 0 Å². The lowest BCUT2D eigenvalue weighted by molar-refractivity contribution is 0.560. The minimum atomic E-state index is 0.239. The average Bonchev–Trinajstić information content (AvgIpc) is 2.23. The van der Waals surface area contributed by atoms with Crippen LogP contribution in [-0.2, 0) is 12.8 Å². The molecule has 1 heteroatoms. The Balaban J connectivity index is 2.46. The lowest BCUT2D eigenvalue weighted by Crippen LogP contribution is -2.15. The monoisotopic (exact) mass is 185 g/mol. The van der Waals surface area contributed by atoms with Crippen molar-refractivity contribution in [3.63, 3.8) is 0 Å². The van der Waals surface area contributed by atoms with Crippen molar-refractivity contribution in [1.82, 2.24) is 0 Å². The first-order valence-corrected chi connectivity index (χ1v) is 5.20. The first-order chi connectivity index (χ1) is 6.72. The highest BCUT2D eigenvalue weighted by Crippen LogP contribution is 2.29. The summed E-state index contributed by atoms with van der Waals surface area (Å²) in [4.78, 5) is 0. The molecule has 0 spiro atoms. The van der Waals surface area contributed by atoms with Crippen molar-refractivity contribution in [3.8, 4) is 6.07 Å². The normalized spacial score (nSPS) is 19.9. The summed E-state index contributed by atoms with van der Waals surface area (Å²) < 4.78 is 0. The topological polar surface area (TPSA) is 23.8 Å². The van der Waals surface area contributed by atoms with Gasteiger partial charge in [0.15, 0.2) is 0 Å². The molecule has 72 valence electrons. The molecule has 1 aliphatic rings. The number of hydrogen-bond donors (Lipinski definition) is 0. The number of rotatable bonds is 0. The SMILES string of the molecule is Cc1ccc(C)c2c1CCC(C#N)C2. The smallest absolute Gasteiger partial charge is 0.0659 e. The highest BCUT2D eigenvalue weighted by molar-refractivity contribution is 5.42. The van der Waals surface area contributed by atoms with E-state index in [2.05, 4.69) is 32.0 Å². The van der Waals surface area contributed by atoms with Crippen LogP contribution in [0.5, 0.6) is 0 Å². The number of benzene rings is 1. The molecule has 1 aromatic carbocycles. The van der Waals surface area contributed by atoms with Gasteiger partial charge in [-0.05, 0) is 55.4 Å². The molecule has 2 rings (SSSR count). The third-order valence-corrected chi connectivity index (χ3v) is 3.28. The van der Waals surface area contributed by atoms with Crippen LogP contribution in [-0.4, -0.2) is 0 Å². The van der Waals surface area contributed by atoms with Crippen LogP contribution in [0.4, 0.5) is 0 Å². The van der Waals surface area contributed by atoms with Crippen molar-refractivity contribution in [3.05, 3.63) is 34.4 Å². The summed E-state index contributed by atoms with van der Waals surface area (Å²) in [5.74, 6) is 0.239. The quantitative estimate of drug-likeness (QED) is 0.609. The molecule has 0 heterocycles. The van der Waals surface area contributed by atoms with Gasteiger partial charge in [0.1, 0.15) is 0 Å². The lowest BCUT2D eigenvalue weighted by atomic mass is 9.81. The zero-order valence-electron chi connectivity index (χ0n) is 8.80. The summed E-state index contributed by atoms with van der Waals surface area (Å²) in [5.41, 5.74) is 5.67.